The summed E-state index contributed by atoms with van der Waals surface area (Å²) >= 11 is 4.85. The van der Waals surface area contributed by atoms with E-state index >= 15 is 0 Å². The molecule has 1 heterocycles. The Hall–Kier alpha value is -0.720. The number of hydrogen-bond acceptors (Lipinski definition) is 4. The third-order valence-electron chi connectivity index (χ3n) is 2.75. The molecule has 0 spiro atoms. The molecule has 1 aliphatic rings. The molecule has 1 amide bonds. The number of nitrogens with two attached hydrogens (primary N) is 2. The zero-order valence-corrected chi connectivity index (χ0v) is 9.80. The number of carbonyl (C=O) groups is 1. The van der Waals surface area contributed by atoms with Gasteiger partial charge < -0.3 is 11.5 Å². The van der Waals surface area contributed by atoms with Crippen molar-refractivity contribution in [3.05, 3.63) is 0 Å². The number of thiocarbonyl (C=S) groups is 1. The molecule has 86 valence electrons. The number of piperazine rings is 1. The Morgan fingerprint density at radius 2 is 1.87 bits per heavy atom. The molecule has 1 atom stereocenters. The van der Waals surface area contributed by atoms with Crippen LogP contribution in [0.4, 0.5) is 0 Å². The summed E-state index contributed by atoms with van der Waals surface area (Å²) in [4.78, 5) is 15.8. The van der Waals surface area contributed by atoms with Gasteiger partial charge in [-0.25, -0.2) is 0 Å². The Morgan fingerprint density at radius 3 is 2.27 bits per heavy atom. The van der Waals surface area contributed by atoms with Crippen molar-refractivity contribution in [1.82, 2.24) is 9.80 Å². The van der Waals surface area contributed by atoms with Crippen LogP contribution in [0.2, 0.25) is 0 Å². The van der Waals surface area contributed by atoms with Gasteiger partial charge in [0.1, 0.15) is 0 Å². The first-order valence-corrected chi connectivity index (χ1v) is 5.45. The van der Waals surface area contributed by atoms with Gasteiger partial charge in [-0.2, -0.15) is 0 Å². The van der Waals surface area contributed by atoms with Crippen LogP contribution in [-0.2, 0) is 4.79 Å². The highest BCUT2D eigenvalue weighted by molar-refractivity contribution is 7.80. The molecule has 6 heteroatoms. The van der Waals surface area contributed by atoms with E-state index in [1.54, 1.807) is 0 Å². The second-order valence-corrected chi connectivity index (χ2v) is 4.38. The highest BCUT2D eigenvalue weighted by Crippen LogP contribution is 2.05. The van der Waals surface area contributed by atoms with Gasteiger partial charge in [0.25, 0.3) is 0 Å². The van der Waals surface area contributed by atoms with Crippen molar-refractivity contribution in [2.75, 3.05) is 32.7 Å². The van der Waals surface area contributed by atoms with Gasteiger partial charge in [0.2, 0.25) is 5.91 Å². The lowest BCUT2D eigenvalue weighted by Crippen LogP contribution is -2.54. The topological polar surface area (TPSA) is 75.6 Å². The van der Waals surface area contributed by atoms with Crippen molar-refractivity contribution in [3.63, 3.8) is 0 Å². The van der Waals surface area contributed by atoms with Gasteiger partial charge in [0, 0.05) is 32.7 Å². The lowest BCUT2D eigenvalue weighted by Gasteiger charge is -2.36. The van der Waals surface area contributed by atoms with Crippen LogP contribution >= 0.6 is 12.2 Å². The Labute approximate surface area is 95.4 Å². The van der Waals surface area contributed by atoms with Crippen molar-refractivity contribution >= 4 is 23.1 Å². The number of rotatable bonds is 4. The molecule has 1 saturated heterocycles. The van der Waals surface area contributed by atoms with Gasteiger partial charge >= 0.3 is 0 Å². The third kappa shape index (κ3) is 3.73. The van der Waals surface area contributed by atoms with Crippen molar-refractivity contribution < 1.29 is 4.79 Å². The van der Waals surface area contributed by atoms with Crippen LogP contribution in [0.1, 0.15) is 6.92 Å². The molecule has 0 aromatic carbocycles. The van der Waals surface area contributed by atoms with E-state index in [1.807, 2.05) is 6.92 Å². The first-order chi connectivity index (χ1) is 7.00. The van der Waals surface area contributed by atoms with Gasteiger partial charge in [-0.3, -0.25) is 14.6 Å². The fourth-order valence-electron chi connectivity index (χ4n) is 1.71. The fraction of sp³-hybridized carbons (Fsp3) is 0.778. The largest absolute Gasteiger partial charge is 0.392 e. The SMILES string of the molecule is CC(C(N)=O)N1CCN(CC(N)=S)CC1. The van der Waals surface area contributed by atoms with E-state index in [-0.39, 0.29) is 11.9 Å². The van der Waals surface area contributed by atoms with Crippen LogP contribution < -0.4 is 11.5 Å². The average Bonchev–Trinajstić information content (AvgIpc) is 2.17. The molecule has 1 aliphatic heterocycles. The minimum Gasteiger partial charge on any atom is -0.392 e. The summed E-state index contributed by atoms with van der Waals surface area (Å²) < 4.78 is 0. The smallest absolute Gasteiger partial charge is 0.234 e. The molecule has 1 rings (SSSR count). The van der Waals surface area contributed by atoms with E-state index in [1.165, 1.54) is 0 Å². The predicted octanol–water partition coefficient (Wildman–Crippen LogP) is -1.24. The Morgan fingerprint density at radius 1 is 1.33 bits per heavy atom. The summed E-state index contributed by atoms with van der Waals surface area (Å²) in [6.45, 7) is 5.95. The van der Waals surface area contributed by atoms with Crippen LogP contribution in [0.5, 0.6) is 0 Å². The number of amides is 1. The minimum absolute atomic E-state index is 0.183. The second-order valence-electron chi connectivity index (χ2n) is 3.86. The molecule has 1 unspecified atom stereocenters. The Bertz CT molecular complexity index is 250. The van der Waals surface area contributed by atoms with Crippen molar-refractivity contribution in [3.8, 4) is 0 Å². The molecular formula is C9H18N4OS. The molecule has 5 nitrogen and oxygen atoms in total. The average molecular weight is 230 g/mol. The monoisotopic (exact) mass is 230 g/mol. The van der Waals surface area contributed by atoms with Gasteiger partial charge in [-0.15, -0.1) is 0 Å². The van der Waals surface area contributed by atoms with E-state index in [4.69, 9.17) is 23.7 Å². The summed E-state index contributed by atoms with van der Waals surface area (Å²) in [7, 11) is 0. The number of carbonyl (C=O) groups excluding carboxylic acids is 1. The Balaban J connectivity index is 2.35. The van der Waals surface area contributed by atoms with E-state index < -0.39 is 0 Å². The van der Waals surface area contributed by atoms with Gasteiger partial charge in [0.15, 0.2) is 0 Å². The lowest BCUT2D eigenvalue weighted by molar-refractivity contribution is -0.123. The van der Waals surface area contributed by atoms with E-state index in [0.717, 1.165) is 26.2 Å². The summed E-state index contributed by atoms with van der Waals surface area (Å²) in [5.74, 6) is -0.266. The molecule has 0 aromatic rings. The summed E-state index contributed by atoms with van der Waals surface area (Å²) in [6, 6.07) is -0.183. The highest BCUT2D eigenvalue weighted by atomic mass is 32.1. The summed E-state index contributed by atoms with van der Waals surface area (Å²) in [6.07, 6.45) is 0. The van der Waals surface area contributed by atoms with E-state index in [0.29, 0.717) is 11.5 Å². The standard InChI is InChI=1S/C9H18N4OS/c1-7(9(11)14)13-4-2-12(3-5-13)6-8(10)15/h7H,2-6H2,1H3,(H2,10,15)(H2,11,14). The minimum atomic E-state index is -0.266. The fourth-order valence-corrected chi connectivity index (χ4v) is 1.89. The number of hydrogen-bond donors (Lipinski definition) is 2. The quantitative estimate of drug-likeness (QED) is 0.591. The molecule has 0 bridgehead atoms. The third-order valence-corrected chi connectivity index (χ3v) is 2.87. The molecule has 0 saturated carbocycles. The maximum atomic E-state index is 11.0. The van der Waals surface area contributed by atoms with Crippen LogP contribution in [0.15, 0.2) is 0 Å². The zero-order chi connectivity index (χ0) is 11.4. The number of nitrogens with zero attached hydrogens (tertiary/aromatic N) is 2. The van der Waals surface area contributed by atoms with Gasteiger partial charge in [-0.1, -0.05) is 12.2 Å². The maximum absolute atomic E-state index is 11.0. The Kier molecular flexibility index (Phi) is 4.44. The van der Waals surface area contributed by atoms with Crippen LogP contribution in [0.25, 0.3) is 0 Å². The van der Waals surface area contributed by atoms with Crippen LogP contribution in [-0.4, -0.2) is 59.5 Å². The molecular weight excluding hydrogens is 212 g/mol. The normalized spacial score (nSPS) is 21.1. The summed E-state index contributed by atoms with van der Waals surface area (Å²) in [5, 5.41) is 0. The van der Waals surface area contributed by atoms with Crippen molar-refractivity contribution in [1.29, 1.82) is 0 Å². The van der Waals surface area contributed by atoms with Crippen molar-refractivity contribution in [2.45, 2.75) is 13.0 Å². The molecule has 0 aliphatic carbocycles. The van der Waals surface area contributed by atoms with Gasteiger partial charge in [0.05, 0.1) is 11.0 Å². The van der Waals surface area contributed by atoms with E-state index in [9.17, 15) is 4.79 Å². The van der Waals surface area contributed by atoms with Gasteiger partial charge in [-0.05, 0) is 6.92 Å². The van der Waals surface area contributed by atoms with Crippen molar-refractivity contribution in [2.24, 2.45) is 11.5 Å². The molecule has 4 N–H and O–H groups in total. The molecule has 1 fully saturated rings. The van der Waals surface area contributed by atoms with Crippen LogP contribution in [0.3, 0.4) is 0 Å². The molecule has 15 heavy (non-hydrogen) atoms. The zero-order valence-electron chi connectivity index (χ0n) is 8.98. The number of primary amides is 1. The first-order valence-electron chi connectivity index (χ1n) is 5.04. The van der Waals surface area contributed by atoms with E-state index in [2.05, 4.69) is 9.80 Å². The molecule has 0 radical (unpaired) electrons. The second kappa shape index (κ2) is 5.39. The highest BCUT2D eigenvalue weighted by Gasteiger charge is 2.23. The van der Waals surface area contributed by atoms with Crippen LogP contribution in [0, 0.1) is 0 Å². The summed E-state index contributed by atoms with van der Waals surface area (Å²) in [5.41, 5.74) is 10.7. The molecule has 0 aromatic heterocycles. The maximum Gasteiger partial charge on any atom is 0.234 e. The lowest BCUT2D eigenvalue weighted by atomic mass is 10.2. The first kappa shape index (κ1) is 12.4. The predicted molar refractivity (Wildman–Crippen MR) is 63.5 cm³/mol.